The minimum absolute atomic E-state index is 0.00158. The number of ether oxygens (including phenoxy) is 1. The third-order valence-electron chi connectivity index (χ3n) is 4.77. The Kier molecular flexibility index (Phi) is 5.86. The summed E-state index contributed by atoms with van der Waals surface area (Å²) >= 11 is 7.17. The number of methoxy groups -OCH3 is 1. The quantitative estimate of drug-likeness (QED) is 0.523. The largest absolute Gasteiger partial charge is 0.465 e. The summed E-state index contributed by atoms with van der Waals surface area (Å²) in [7, 11) is 1.43. The SMILES string of the molecule is COC(=O)c1c(NC(=S)Nc2ccccc2C(C)(C)C)sc2c1CCCC2. The summed E-state index contributed by atoms with van der Waals surface area (Å²) < 4.78 is 5.03. The van der Waals surface area contributed by atoms with Gasteiger partial charge in [0.15, 0.2) is 5.11 Å². The van der Waals surface area contributed by atoms with E-state index in [-0.39, 0.29) is 11.4 Å². The molecule has 0 fully saturated rings. The predicted molar refractivity (Wildman–Crippen MR) is 117 cm³/mol. The van der Waals surface area contributed by atoms with E-state index in [1.54, 1.807) is 11.3 Å². The van der Waals surface area contributed by atoms with Crippen molar-refractivity contribution in [2.75, 3.05) is 17.7 Å². The van der Waals surface area contributed by atoms with Crippen LogP contribution in [0.25, 0.3) is 0 Å². The number of esters is 1. The van der Waals surface area contributed by atoms with Gasteiger partial charge < -0.3 is 15.4 Å². The maximum absolute atomic E-state index is 12.4. The Bertz CT molecular complexity index is 866. The summed E-state index contributed by atoms with van der Waals surface area (Å²) in [6, 6.07) is 8.15. The molecule has 4 nitrogen and oxygen atoms in total. The molecule has 0 saturated heterocycles. The van der Waals surface area contributed by atoms with Crippen LogP contribution in [0.2, 0.25) is 0 Å². The maximum atomic E-state index is 12.4. The molecule has 6 heteroatoms. The first-order valence-electron chi connectivity index (χ1n) is 9.21. The van der Waals surface area contributed by atoms with Gasteiger partial charge in [0.05, 0.1) is 12.7 Å². The first-order chi connectivity index (χ1) is 12.8. The van der Waals surface area contributed by atoms with Crippen LogP contribution in [0.15, 0.2) is 24.3 Å². The molecule has 1 aromatic carbocycles. The highest BCUT2D eigenvalue weighted by Gasteiger charge is 2.26. The second kappa shape index (κ2) is 7.98. The second-order valence-corrected chi connectivity index (χ2v) is 9.29. The maximum Gasteiger partial charge on any atom is 0.341 e. The van der Waals surface area contributed by atoms with Crippen molar-refractivity contribution in [2.45, 2.75) is 51.9 Å². The van der Waals surface area contributed by atoms with Crippen LogP contribution in [-0.4, -0.2) is 18.2 Å². The molecular formula is C21H26N2O2S2. The number of nitrogens with one attached hydrogen (secondary N) is 2. The van der Waals surface area contributed by atoms with E-state index in [0.29, 0.717) is 10.7 Å². The van der Waals surface area contributed by atoms with Crippen LogP contribution in [0.3, 0.4) is 0 Å². The lowest BCUT2D eigenvalue weighted by molar-refractivity contribution is 0.0601. The van der Waals surface area contributed by atoms with Crippen LogP contribution >= 0.6 is 23.6 Å². The standard InChI is InChI=1S/C21H26N2O2S2/c1-21(2,3)14-10-6-7-11-15(14)22-20(26)23-18-17(19(24)25-4)13-9-5-8-12-16(13)27-18/h6-7,10-11H,5,8-9,12H2,1-4H3,(H2,22,23,26). The summed E-state index contributed by atoms with van der Waals surface area (Å²) in [5, 5.41) is 7.81. The van der Waals surface area contributed by atoms with Crippen molar-refractivity contribution >= 4 is 45.3 Å². The molecule has 2 aromatic rings. The molecule has 3 rings (SSSR count). The minimum atomic E-state index is -0.296. The van der Waals surface area contributed by atoms with E-state index in [2.05, 4.69) is 37.5 Å². The fourth-order valence-corrected chi connectivity index (χ4v) is 5.03. The molecule has 2 N–H and O–H groups in total. The zero-order valence-electron chi connectivity index (χ0n) is 16.3. The number of rotatable bonds is 3. The first-order valence-corrected chi connectivity index (χ1v) is 10.4. The van der Waals surface area contributed by atoms with E-state index >= 15 is 0 Å². The van der Waals surface area contributed by atoms with E-state index in [0.717, 1.165) is 41.9 Å². The van der Waals surface area contributed by atoms with Gasteiger partial charge in [-0.3, -0.25) is 0 Å². The van der Waals surface area contributed by atoms with Gasteiger partial charge in [-0.2, -0.15) is 0 Å². The number of thiophene rings is 1. The molecule has 1 aliphatic rings. The van der Waals surface area contributed by atoms with Gasteiger partial charge in [0.25, 0.3) is 0 Å². The summed E-state index contributed by atoms with van der Waals surface area (Å²) in [6.45, 7) is 6.52. The molecule has 1 aliphatic carbocycles. The smallest absolute Gasteiger partial charge is 0.341 e. The molecule has 0 atom stereocenters. The van der Waals surface area contributed by atoms with Crippen molar-refractivity contribution in [3.05, 3.63) is 45.8 Å². The molecule has 0 spiro atoms. The number of thiocarbonyl (C=S) groups is 1. The highest BCUT2D eigenvalue weighted by molar-refractivity contribution is 7.80. The molecule has 0 unspecified atom stereocenters. The first kappa shape index (κ1) is 19.8. The van der Waals surface area contributed by atoms with Gasteiger partial charge >= 0.3 is 5.97 Å². The Morgan fingerprint density at radius 3 is 2.56 bits per heavy atom. The van der Waals surface area contributed by atoms with Gasteiger partial charge in [0.1, 0.15) is 5.00 Å². The lowest BCUT2D eigenvalue weighted by atomic mass is 9.86. The molecule has 0 amide bonds. The Labute approximate surface area is 170 Å². The Morgan fingerprint density at radius 1 is 1.15 bits per heavy atom. The monoisotopic (exact) mass is 402 g/mol. The van der Waals surface area contributed by atoms with E-state index in [1.807, 2.05) is 18.2 Å². The second-order valence-electron chi connectivity index (χ2n) is 7.78. The zero-order chi connectivity index (χ0) is 19.6. The minimum Gasteiger partial charge on any atom is -0.465 e. The number of aryl methyl sites for hydroxylation is 1. The average molecular weight is 403 g/mol. The Balaban J connectivity index is 1.85. The van der Waals surface area contributed by atoms with Gasteiger partial charge in [-0.15, -0.1) is 11.3 Å². The molecule has 0 radical (unpaired) electrons. The van der Waals surface area contributed by atoms with E-state index in [9.17, 15) is 4.79 Å². The van der Waals surface area contributed by atoms with E-state index < -0.39 is 0 Å². The number of anilines is 2. The molecule has 27 heavy (non-hydrogen) atoms. The fraction of sp³-hybridized carbons (Fsp3) is 0.429. The van der Waals surface area contributed by atoms with Crippen LogP contribution < -0.4 is 10.6 Å². The van der Waals surface area contributed by atoms with E-state index in [4.69, 9.17) is 17.0 Å². The van der Waals surface area contributed by atoms with Crippen molar-refractivity contribution < 1.29 is 9.53 Å². The summed E-state index contributed by atoms with van der Waals surface area (Å²) in [5.74, 6) is -0.296. The van der Waals surface area contributed by atoms with Crippen molar-refractivity contribution in [1.29, 1.82) is 0 Å². The fourth-order valence-electron chi connectivity index (χ4n) is 3.47. The Morgan fingerprint density at radius 2 is 1.85 bits per heavy atom. The number of para-hydroxylation sites is 1. The van der Waals surface area contributed by atoms with Gasteiger partial charge in [-0.25, -0.2) is 4.79 Å². The van der Waals surface area contributed by atoms with Gasteiger partial charge in [-0.1, -0.05) is 39.0 Å². The van der Waals surface area contributed by atoms with Crippen LogP contribution in [0.1, 0.15) is 60.0 Å². The summed E-state index contributed by atoms with van der Waals surface area (Å²) in [6.07, 6.45) is 4.20. The zero-order valence-corrected chi connectivity index (χ0v) is 17.9. The number of hydrogen-bond acceptors (Lipinski definition) is 4. The van der Waals surface area contributed by atoms with Gasteiger partial charge in [0, 0.05) is 10.6 Å². The highest BCUT2D eigenvalue weighted by atomic mass is 32.1. The third kappa shape index (κ3) is 4.33. The number of fused-ring (bicyclic) bond motifs is 1. The molecule has 0 bridgehead atoms. The van der Waals surface area contributed by atoms with Gasteiger partial charge in [0.2, 0.25) is 0 Å². The third-order valence-corrected chi connectivity index (χ3v) is 6.18. The average Bonchev–Trinajstić information content (AvgIpc) is 2.98. The van der Waals surface area contributed by atoms with Crippen LogP contribution in [0.4, 0.5) is 10.7 Å². The summed E-state index contributed by atoms with van der Waals surface area (Å²) in [5.41, 5.74) is 3.93. The van der Waals surface area contributed by atoms with Gasteiger partial charge in [-0.05, 0) is 60.5 Å². The predicted octanol–water partition coefficient (Wildman–Crippen LogP) is 5.52. The molecule has 1 heterocycles. The molecule has 144 valence electrons. The lowest BCUT2D eigenvalue weighted by Crippen LogP contribution is -2.23. The van der Waals surface area contributed by atoms with Crippen LogP contribution in [-0.2, 0) is 23.0 Å². The van der Waals surface area contributed by atoms with Crippen molar-refractivity contribution in [1.82, 2.24) is 0 Å². The molecule has 0 saturated carbocycles. The number of carbonyl (C=O) groups is 1. The van der Waals surface area contributed by atoms with Crippen LogP contribution in [0, 0.1) is 0 Å². The van der Waals surface area contributed by atoms with Crippen LogP contribution in [0.5, 0.6) is 0 Å². The van der Waals surface area contributed by atoms with Crippen molar-refractivity contribution in [2.24, 2.45) is 0 Å². The van der Waals surface area contributed by atoms with Crippen molar-refractivity contribution in [3.8, 4) is 0 Å². The van der Waals surface area contributed by atoms with E-state index in [1.165, 1.54) is 17.6 Å². The molecule has 0 aliphatic heterocycles. The number of hydrogen-bond donors (Lipinski definition) is 2. The normalized spacial score (nSPS) is 13.6. The Hall–Kier alpha value is -1.92. The number of benzene rings is 1. The number of carbonyl (C=O) groups excluding carboxylic acids is 1. The lowest BCUT2D eigenvalue weighted by Gasteiger charge is -2.23. The topological polar surface area (TPSA) is 50.4 Å². The summed E-state index contributed by atoms with van der Waals surface area (Å²) in [4.78, 5) is 13.6. The van der Waals surface area contributed by atoms with Crippen molar-refractivity contribution in [3.63, 3.8) is 0 Å². The molecular weight excluding hydrogens is 376 g/mol. The molecule has 1 aromatic heterocycles. The highest BCUT2D eigenvalue weighted by Crippen LogP contribution is 2.38.